The van der Waals surface area contributed by atoms with E-state index in [-0.39, 0.29) is 11.6 Å². The van der Waals surface area contributed by atoms with Crippen LogP contribution >= 0.6 is 11.6 Å². The molecule has 0 saturated heterocycles. The van der Waals surface area contributed by atoms with Gasteiger partial charge in [0.15, 0.2) is 11.6 Å². The number of rotatable bonds is 2. The zero-order valence-electron chi connectivity index (χ0n) is 14.2. The summed E-state index contributed by atoms with van der Waals surface area (Å²) in [6, 6.07) is 23.9. The Kier molecular flexibility index (Phi) is 3.49. The first kappa shape index (κ1) is 16.0. The van der Waals surface area contributed by atoms with Crippen molar-refractivity contribution in [2.45, 2.75) is 0 Å². The van der Waals surface area contributed by atoms with Gasteiger partial charge in [0.05, 0.1) is 0 Å². The molecule has 3 heteroatoms. The van der Waals surface area contributed by atoms with Crippen LogP contribution in [0, 0.1) is 0 Å². The average molecular weight is 369 g/mol. The summed E-state index contributed by atoms with van der Waals surface area (Å²) in [6.07, 6.45) is 0. The molecule has 128 valence electrons. The van der Waals surface area contributed by atoms with Gasteiger partial charge < -0.3 is 0 Å². The second kappa shape index (κ2) is 5.90. The first-order chi connectivity index (χ1) is 13.1. The van der Waals surface area contributed by atoms with Crippen LogP contribution in [0.5, 0.6) is 0 Å². The maximum atomic E-state index is 13.0. The second-order valence-corrected chi connectivity index (χ2v) is 7.07. The molecule has 5 rings (SSSR count). The lowest BCUT2D eigenvalue weighted by Gasteiger charge is -2.20. The van der Waals surface area contributed by atoms with Crippen LogP contribution in [0.15, 0.2) is 78.9 Å². The molecule has 0 heterocycles. The second-order valence-electron chi connectivity index (χ2n) is 6.64. The van der Waals surface area contributed by atoms with Crippen molar-refractivity contribution in [3.63, 3.8) is 0 Å². The molecule has 1 aliphatic carbocycles. The molecule has 0 radical (unpaired) electrons. The van der Waals surface area contributed by atoms with E-state index < -0.39 is 0 Å². The first-order valence-electron chi connectivity index (χ1n) is 8.64. The van der Waals surface area contributed by atoms with Crippen LogP contribution < -0.4 is 0 Å². The molecule has 1 aliphatic rings. The maximum absolute atomic E-state index is 13.0. The van der Waals surface area contributed by atoms with E-state index in [1.807, 2.05) is 54.6 Å². The van der Waals surface area contributed by atoms with Gasteiger partial charge in [-0.05, 0) is 52.9 Å². The first-order valence-corrected chi connectivity index (χ1v) is 9.02. The Balaban J connectivity index is 1.79. The summed E-state index contributed by atoms with van der Waals surface area (Å²) in [6.45, 7) is 0. The van der Waals surface area contributed by atoms with E-state index in [0.717, 1.165) is 21.9 Å². The summed E-state index contributed by atoms with van der Waals surface area (Å²) in [5.41, 5.74) is 4.34. The molecule has 0 aromatic heterocycles. The third-order valence-corrected chi connectivity index (χ3v) is 5.30. The molecule has 0 saturated carbocycles. The molecule has 0 spiro atoms. The zero-order valence-corrected chi connectivity index (χ0v) is 15.0. The minimum absolute atomic E-state index is 0.0282. The smallest absolute Gasteiger partial charge is 0.194 e. The van der Waals surface area contributed by atoms with E-state index >= 15 is 0 Å². The van der Waals surface area contributed by atoms with Gasteiger partial charge in [0.2, 0.25) is 0 Å². The Morgan fingerprint density at radius 1 is 0.667 bits per heavy atom. The molecule has 0 unspecified atom stereocenters. The fourth-order valence-corrected chi connectivity index (χ4v) is 3.92. The predicted octanol–water partition coefficient (Wildman–Crippen LogP) is 5.94. The lowest BCUT2D eigenvalue weighted by molar-refractivity contribution is 0.103. The summed E-state index contributed by atoms with van der Waals surface area (Å²) in [7, 11) is 0. The number of hydrogen-bond donors (Lipinski definition) is 0. The fourth-order valence-electron chi connectivity index (χ4n) is 3.79. The molecule has 4 aromatic carbocycles. The van der Waals surface area contributed by atoms with E-state index in [1.54, 1.807) is 24.3 Å². The monoisotopic (exact) mass is 368 g/mol. The number of hydrogen-bond acceptors (Lipinski definition) is 2. The Morgan fingerprint density at radius 2 is 1.37 bits per heavy atom. The average Bonchev–Trinajstić information content (AvgIpc) is 2.71. The van der Waals surface area contributed by atoms with Crippen molar-refractivity contribution < 1.29 is 9.59 Å². The SMILES string of the molecule is O=C(c1ccc(Cl)cc1)c1cc2c3c(cccc3c1)C(=O)c1ccccc1-2. The topological polar surface area (TPSA) is 34.1 Å². The van der Waals surface area contributed by atoms with Crippen molar-refractivity contribution in [3.8, 4) is 11.1 Å². The summed E-state index contributed by atoms with van der Waals surface area (Å²) in [5.74, 6) is -0.0370. The van der Waals surface area contributed by atoms with Crippen LogP contribution in [-0.4, -0.2) is 11.6 Å². The van der Waals surface area contributed by atoms with E-state index in [4.69, 9.17) is 11.6 Å². The van der Waals surface area contributed by atoms with E-state index in [1.165, 1.54) is 0 Å². The highest BCUT2D eigenvalue weighted by Gasteiger charge is 2.26. The van der Waals surface area contributed by atoms with Crippen LogP contribution in [0.2, 0.25) is 5.02 Å². The molecule has 4 aromatic rings. The van der Waals surface area contributed by atoms with E-state index in [0.29, 0.717) is 27.3 Å². The highest BCUT2D eigenvalue weighted by Crippen LogP contribution is 2.40. The van der Waals surface area contributed by atoms with Crippen LogP contribution in [0.25, 0.3) is 21.9 Å². The van der Waals surface area contributed by atoms with Crippen molar-refractivity contribution >= 4 is 33.9 Å². The Labute approximate surface area is 161 Å². The zero-order chi connectivity index (χ0) is 18.5. The Bertz CT molecular complexity index is 1250. The van der Waals surface area contributed by atoms with Crippen LogP contribution in [-0.2, 0) is 0 Å². The van der Waals surface area contributed by atoms with Gasteiger partial charge in [-0.25, -0.2) is 0 Å². The summed E-state index contributed by atoms with van der Waals surface area (Å²) in [5, 5.41) is 2.40. The van der Waals surface area contributed by atoms with Crippen molar-refractivity contribution in [3.05, 3.63) is 106 Å². The van der Waals surface area contributed by atoms with Gasteiger partial charge in [0.1, 0.15) is 0 Å². The highest BCUT2D eigenvalue weighted by atomic mass is 35.5. The molecule has 0 bridgehead atoms. The summed E-state index contributed by atoms with van der Waals surface area (Å²) >= 11 is 5.94. The molecule has 0 fully saturated rings. The Morgan fingerprint density at radius 3 is 2.15 bits per heavy atom. The normalized spacial score (nSPS) is 12.1. The minimum atomic E-state index is -0.0652. The van der Waals surface area contributed by atoms with Gasteiger partial charge in [-0.15, -0.1) is 0 Å². The molecule has 0 amide bonds. The highest BCUT2D eigenvalue weighted by molar-refractivity contribution is 6.31. The number of carbonyl (C=O) groups is 2. The van der Waals surface area contributed by atoms with Gasteiger partial charge in [-0.2, -0.15) is 0 Å². The van der Waals surface area contributed by atoms with Gasteiger partial charge >= 0.3 is 0 Å². The summed E-state index contributed by atoms with van der Waals surface area (Å²) < 4.78 is 0. The number of fused-ring (bicyclic) bond motifs is 2. The van der Waals surface area contributed by atoms with Gasteiger partial charge in [-0.3, -0.25) is 9.59 Å². The molecular formula is C24H13ClO2. The number of ketones is 2. The number of benzene rings is 4. The molecule has 0 N–H and O–H groups in total. The fraction of sp³-hybridized carbons (Fsp3) is 0. The molecule has 0 atom stereocenters. The lowest BCUT2D eigenvalue weighted by Crippen LogP contribution is -2.11. The quantitative estimate of drug-likeness (QED) is 0.361. The molecule has 2 nitrogen and oxygen atoms in total. The molecule has 0 aliphatic heterocycles. The van der Waals surface area contributed by atoms with Crippen molar-refractivity contribution in [2.24, 2.45) is 0 Å². The predicted molar refractivity (Wildman–Crippen MR) is 108 cm³/mol. The van der Waals surface area contributed by atoms with Gasteiger partial charge in [0, 0.05) is 32.7 Å². The van der Waals surface area contributed by atoms with Crippen molar-refractivity contribution in [1.29, 1.82) is 0 Å². The van der Waals surface area contributed by atoms with E-state index in [9.17, 15) is 9.59 Å². The van der Waals surface area contributed by atoms with Gasteiger partial charge in [0.25, 0.3) is 0 Å². The molecule has 27 heavy (non-hydrogen) atoms. The van der Waals surface area contributed by atoms with Crippen molar-refractivity contribution in [2.75, 3.05) is 0 Å². The van der Waals surface area contributed by atoms with Crippen LogP contribution in [0.4, 0.5) is 0 Å². The number of halogens is 1. The maximum Gasteiger partial charge on any atom is 0.194 e. The molecular weight excluding hydrogens is 356 g/mol. The summed E-state index contributed by atoms with van der Waals surface area (Å²) in [4.78, 5) is 25.9. The minimum Gasteiger partial charge on any atom is -0.289 e. The van der Waals surface area contributed by atoms with Gasteiger partial charge in [-0.1, -0.05) is 54.1 Å². The Hall–Kier alpha value is -3.23. The number of carbonyl (C=O) groups excluding carboxylic acids is 2. The van der Waals surface area contributed by atoms with E-state index in [2.05, 4.69) is 0 Å². The third kappa shape index (κ3) is 2.42. The van der Waals surface area contributed by atoms with Crippen molar-refractivity contribution in [1.82, 2.24) is 0 Å². The largest absolute Gasteiger partial charge is 0.289 e. The standard InChI is InChI=1S/C24H13ClO2/c25-17-10-8-14(9-11-17)23(26)16-12-15-4-3-7-20-22(15)21(13-16)18-5-1-2-6-19(18)24(20)27/h1-13H. The van der Waals surface area contributed by atoms with Crippen LogP contribution in [0.1, 0.15) is 31.8 Å². The van der Waals surface area contributed by atoms with Crippen LogP contribution in [0.3, 0.4) is 0 Å². The lowest BCUT2D eigenvalue weighted by atomic mass is 9.81. The third-order valence-electron chi connectivity index (χ3n) is 5.05.